The molecule has 3 rings (SSSR count). The first-order chi connectivity index (χ1) is 10.1. The summed E-state index contributed by atoms with van der Waals surface area (Å²) in [5, 5.41) is 8.00. The first kappa shape index (κ1) is 13.5. The molecule has 1 unspecified atom stereocenters. The Bertz CT molecular complexity index is 755. The highest BCUT2D eigenvalue weighted by molar-refractivity contribution is 5.57. The van der Waals surface area contributed by atoms with Gasteiger partial charge in [0.15, 0.2) is 0 Å². The van der Waals surface area contributed by atoms with Crippen LogP contribution in [0.15, 0.2) is 52.9 Å². The zero-order chi connectivity index (χ0) is 14.8. The lowest BCUT2D eigenvalue weighted by Crippen LogP contribution is -2.11. The molecule has 5 heteroatoms. The predicted molar refractivity (Wildman–Crippen MR) is 76.9 cm³/mol. The van der Waals surface area contributed by atoms with Crippen LogP contribution in [0.3, 0.4) is 0 Å². The topological polar surface area (TPSA) is 64.9 Å². The minimum Gasteiger partial charge on any atom is -0.419 e. The van der Waals surface area contributed by atoms with Crippen LogP contribution < -0.4 is 5.73 Å². The molecule has 0 spiro atoms. The van der Waals surface area contributed by atoms with E-state index < -0.39 is 6.04 Å². The number of nitrogens with two attached hydrogens (primary N) is 1. The third kappa shape index (κ3) is 2.68. The molecule has 0 bridgehead atoms. The van der Waals surface area contributed by atoms with Crippen molar-refractivity contribution in [3.8, 4) is 11.5 Å². The summed E-state index contributed by atoms with van der Waals surface area (Å²) < 4.78 is 18.8. The van der Waals surface area contributed by atoms with Gasteiger partial charge in [-0.1, -0.05) is 30.3 Å². The second-order valence-electron chi connectivity index (χ2n) is 4.79. The molecule has 0 amide bonds. The number of rotatable bonds is 3. The highest BCUT2D eigenvalue weighted by Gasteiger charge is 2.18. The van der Waals surface area contributed by atoms with Crippen LogP contribution in [-0.2, 0) is 0 Å². The van der Waals surface area contributed by atoms with Gasteiger partial charge in [0.05, 0.1) is 0 Å². The van der Waals surface area contributed by atoms with Gasteiger partial charge >= 0.3 is 0 Å². The maximum absolute atomic E-state index is 13.1. The third-order valence-corrected chi connectivity index (χ3v) is 3.28. The Labute approximate surface area is 121 Å². The number of hydrogen-bond donors (Lipinski definition) is 1. The number of halogens is 1. The molecule has 1 heterocycles. The molecule has 2 aromatic carbocycles. The van der Waals surface area contributed by atoms with E-state index in [0.717, 1.165) is 11.1 Å². The second kappa shape index (κ2) is 5.46. The van der Waals surface area contributed by atoms with Crippen LogP contribution in [0.4, 0.5) is 4.39 Å². The first-order valence-corrected chi connectivity index (χ1v) is 6.55. The largest absolute Gasteiger partial charge is 0.419 e. The SMILES string of the molecule is Cc1cc(F)ccc1-c1nnc(C(N)c2ccccc2)o1. The molecular formula is C16H14FN3O. The number of nitrogens with zero attached hydrogens (tertiary/aromatic N) is 2. The van der Waals surface area contributed by atoms with E-state index in [1.165, 1.54) is 12.1 Å². The van der Waals surface area contributed by atoms with Crippen molar-refractivity contribution in [2.75, 3.05) is 0 Å². The summed E-state index contributed by atoms with van der Waals surface area (Å²) in [6.07, 6.45) is 0. The van der Waals surface area contributed by atoms with Crippen LogP contribution in [0, 0.1) is 12.7 Å². The fourth-order valence-electron chi connectivity index (χ4n) is 2.14. The Balaban J connectivity index is 1.93. The normalized spacial score (nSPS) is 12.3. The van der Waals surface area contributed by atoms with Crippen molar-refractivity contribution in [3.05, 3.63) is 71.4 Å². The minimum atomic E-state index is -0.479. The molecule has 0 saturated carbocycles. The highest BCUT2D eigenvalue weighted by atomic mass is 19.1. The molecule has 4 nitrogen and oxygen atoms in total. The lowest BCUT2D eigenvalue weighted by atomic mass is 10.1. The van der Waals surface area contributed by atoms with E-state index in [1.54, 1.807) is 13.0 Å². The molecule has 1 atom stereocenters. The molecule has 0 aliphatic heterocycles. The Morgan fingerprint density at radius 3 is 2.57 bits per heavy atom. The van der Waals surface area contributed by atoms with Crippen LogP contribution in [0.5, 0.6) is 0 Å². The molecule has 0 aliphatic carbocycles. The van der Waals surface area contributed by atoms with E-state index in [4.69, 9.17) is 10.2 Å². The molecular weight excluding hydrogens is 269 g/mol. The monoisotopic (exact) mass is 283 g/mol. The summed E-state index contributed by atoms with van der Waals surface area (Å²) in [6.45, 7) is 1.79. The average molecular weight is 283 g/mol. The van der Waals surface area contributed by atoms with Crippen LogP contribution in [0.1, 0.15) is 23.1 Å². The summed E-state index contributed by atoms with van der Waals surface area (Å²) in [6, 6.07) is 13.4. The zero-order valence-corrected chi connectivity index (χ0v) is 11.5. The Morgan fingerprint density at radius 1 is 1.10 bits per heavy atom. The van der Waals surface area contributed by atoms with Crippen molar-refractivity contribution in [1.82, 2.24) is 10.2 Å². The summed E-state index contributed by atoms with van der Waals surface area (Å²) in [4.78, 5) is 0. The number of aromatic nitrogens is 2. The summed E-state index contributed by atoms with van der Waals surface area (Å²) in [5.74, 6) is 0.380. The Kier molecular flexibility index (Phi) is 3.50. The fraction of sp³-hybridized carbons (Fsp3) is 0.125. The smallest absolute Gasteiger partial charge is 0.248 e. The van der Waals surface area contributed by atoms with Crippen molar-refractivity contribution in [2.24, 2.45) is 5.73 Å². The van der Waals surface area contributed by atoms with Gasteiger partial charge < -0.3 is 10.2 Å². The molecule has 106 valence electrons. The van der Waals surface area contributed by atoms with Crippen molar-refractivity contribution >= 4 is 0 Å². The molecule has 0 fully saturated rings. The molecule has 0 saturated heterocycles. The second-order valence-corrected chi connectivity index (χ2v) is 4.79. The van der Waals surface area contributed by atoms with Gasteiger partial charge in [-0.2, -0.15) is 0 Å². The summed E-state index contributed by atoms with van der Waals surface area (Å²) in [5.41, 5.74) is 8.44. The zero-order valence-electron chi connectivity index (χ0n) is 11.5. The van der Waals surface area contributed by atoms with Gasteiger partial charge in [0, 0.05) is 5.56 Å². The van der Waals surface area contributed by atoms with E-state index in [1.807, 2.05) is 30.3 Å². The summed E-state index contributed by atoms with van der Waals surface area (Å²) in [7, 11) is 0. The van der Waals surface area contributed by atoms with Crippen LogP contribution in [-0.4, -0.2) is 10.2 Å². The van der Waals surface area contributed by atoms with Gasteiger partial charge in [-0.3, -0.25) is 0 Å². The van der Waals surface area contributed by atoms with Gasteiger partial charge in [-0.15, -0.1) is 10.2 Å². The van der Waals surface area contributed by atoms with Crippen molar-refractivity contribution in [1.29, 1.82) is 0 Å². The van der Waals surface area contributed by atoms with Gasteiger partial charge in [-0.05, 0) is 36.2 Å². The molecule has 0 radical (unpaired) electrons. The lowest BCUT2D eigenvalue weighted by Gasteiger charge is -2.06. The van der Waals surface area contributed by atoms with Gasteiger partial charge in [0.2, 0.25) is 11.8 Å². The Morgan fingerprint density at radius 2 is 1.86 bits per heavy atom. The number of benzene rings is 2. The van der Waals surface area contributed by atoms with Crippen LogP contribution in [0.2, 0.25) is 0 Å². The number of aryl methyl sites for hydroxylation is 1. The molecule has 21 heavy (non-hydrogen) atoms. The summed E-state index contributed by atoms with van der Waals surface area (Å²) >= 11 is 0. The lowest BCUT2D eigenvalue weighted by molar-refractivity contribution is 0.484. The van der Waals surface area contributed by atoms with Crippen molar-refractivity contribution in [3.63, 3.8) is 0 Å². The third-order valence-electron chi connectivity index (χ3n) is 3.28. The standard InChI is InChI=1S/C16H14FN3O/c1-10-9-12(17)7-8-13(10)15-19-20-16(21-15)14(18)11-5-3-2-4-6-11/h2-9,14H,18H2,1H3. The highest BCUT2D eigenvalue weighted by Crippen LogP contribution is 2.25. The number of hydrogen-bond acceptors (Lipinski definition) is 4. The van der Waals surface area contributed by atoms with Gasteiger partial charge in [0.1, 0.15) is 11.9 Å². The van der Waals surface area contributed by atoms with E-state index in [-0.39, 0.29) is 5.82 Å². The predicted octanol–water partition coefficient (Wildman–Crippen LogP) is 3.23. The molecule has 2 N–H and O–H groups in total. The van der Waals surface area contributed by atoms with E-state index in [9.17, 15) is 4.39 Å². The fourth-order valence-corrected chi connectivity index (χ4v) is 2.14. The molecule has 0 aliphatic rings. The van der Waals surface area contributed by atoms with Crippen LogP contribution >= 0.6 is 0 Å². The van der Waals surface area contributed by atoms with E-state index in [2.05, 4.69) is 10.2 Å². The average Bonchev–Trinajstić information content (AvgIpc) is 2.97. The van der Waals surface area contributed by atoms with Gasteiger partial charge in [0.25, 0.3) is 0 Å². The maximum Gasteiger partial charge on any atom is 0.248 e. The molecule has 3 aromatic rings. The van der Waals surface area contributed by atoms with Crippen LogP contribution in [0.25, 0.3) is 11.5 Å². The maximum atomic E-state index is 13.1. The Hall–Kier alpha value is -2.53. The first-order valence-electron chi connectivity index (χ1n) is 6.55. The van der Waals surface area contributed by atoms with Gasteiger partial charge in [-0.25, -0.2) is 4.39 Å². The van der Waals surface area contributed by atoms with Crippen molar-refractivity contribution < 1.29 is 8.81 Å². The quantitative estimate of drug-likeness (QED) is 0.801. The molecule has 1 aromatic heterocycles. The minimum absolute atomic E-state index is 0.294. The van der Waals surface area contributed by atoms with E-state index >= 15 is 0 Å². The van der Waals surface area contributed by atoms with E-state index in [0.29, 0.717) is 17.3 Å². The van der Waals surface area contributed by atoms with Crippen molar-refractivity contribution in [2.45, 2.75) is 13.0 Å².